The summed E-state index contributed by atoms with van der Waals surface area (Å²) in [5.41, 5.74) is -0.504. The van der Waals surface area contributed by atoms with E-state index in [1.807, 2.05) is 20.8 Å². The lowest BCUT2D eigenvalue weighted by atomic mass is 10.1. The molecule has 0 aromatic rings. The number of hydrogen-bond donors (Lipinski definition) is 2. The standard InChI is InChI=1S/C14H30N2O5S/c1-14(2,3)21-13(17)16-8-6-7-12(11-20-4)15-9-10-22(5,18)19/h12,15H,6-11H2,1-5H3,(H,16,17). The van der Waals surface area contributed by atoms with Crippen molar-refractivity contribution < 1.29 is 22.7 Å². The largest absolute Gasteiger partial charge is 0.444 e. The summed E-state index contributed by atoms with van der Waals surface area (Å²) in [5, 5.41) is 5.85. The highest BCUT2D eigenvalue weighted by atomic mass is 32.2. The summed E-state index contributed by atoms with van der Waals surface area (Å²) in [4.78, 5) is 11.5. The van der Waals surface area contributed by atoms with Crippen molar-refractivity contribution in [3.8, 4) is 0 Å². The van der Waals surface area contributed by atoms with Gasteiger partial charge in [0, 0.05) is 32.5 Å². The van der Waals surface area contributed by atoms with Gasteiger partial charge in [-0.2, -0.15) is 0 Å². The number of hydrogen-bond acceptors (Lipinski definition) is 6. The van der Waals surface area contributed by atoms with Gasteiger partial charge in [-0.25, -0.2) is 13.2 Å². The molecule has 1 atom stereocenters. The molecule has 0 spiro atoms. The quantitative estimate of drug-likeness (QED) is 0.576. The number of sulfone groups is 1. The van der Waals surface area contributed by atoms with Gasteiger partial charge in [0.05, 0.1) is 12.4 Å². The van der Waals surface area contributed by atoms with E-state index in [0.717, 1.165) is 12.8 Å². The number of nitrogens with one attached hydrogen (secondary N) is 2. The molecule has 0 aromatic carbocycles. The third-order valence-electron chi connectivity index (χ3n) is 2.67. The van der Waals surface area contributed by atoms with Gasteiger partial charge in [-0.15, -0.1) is 0 Å². The topological polar surface area (TPSA) is 93.7 Å². The van der Waals surface area contributed by atoms with Gasteiger partial charge in [0.25, 0.3) is 0 Å². The minimum absolute atomic E-state index is 0.0622. The minimum atomic E-state index is -2.97. The number of methoxy groups -OCH3 is 1. The number of alkyl carbamates (subject to hydrolysis) is 1. The van der Waals surface area contributed by atoms with Gasteiger partial charge < -0.3 is 20.1 Å². The fourth-order valence-corrected chi connectivity index (χ4v) is 2.24. The lowest BCUT2D eigenvalue weighted by Gasteiger charge is -2.20. The van der Waals surface area contributed by atoms with Crippen LogP contribution in [0.25, 0.3) is 0 Å². The molecule has 132 valence electrons. The first-order valence-electron chi connectivity index (χ1n) is 7.40. The molecule has 0 aliphatic heterocycles. The molecule has 0 heterocycles. The van der Waals surface area contributed by atoms with Crippen LogP contribution in [0.15, 0.2) is 0 Å². The second-order valence-corrected chi connectivity index (χ2v) is 8.57. The Labute approximate surface area is 134 Å². The predicted octanol–water partition coefficient (Wildman–Crippen LogP) is 0.941. The van der Waals surface area contributed by atoms with Crippen molar-refractivity contribution in [2.24, 2.45) is 0 Å². The third-order valence-corrected chi connectivity index (χ3v) is 3.62. The van der Waals surface area contributed by atoms with Crippen LogP contribution in [0.3, 0.4) is 0 Å². The van der Waals surface area contributed by atoms with Crippen molar-refractivity contribution in [1.29, 1.82) is 0 Å². The zero-order valence-corrected chi connectivity index (χ0v) is 15.1. The van der Waals surface area contributed by atoms with Crippen molar-refractivity contribution >= 4 is 15.9 Å². The van der Waals surface area contributed by atoms with E-state index in [1.54, 1.807) is 7.11 Å². The molecular formula is C14H30N2O5S. The van der Waals surface area contributed by atoms with Gasteiger partial charge in [0.2, 0.25) is 0 Å². The maximum Gasteiger partial charge on any atom is 0.407 e. The van der Waals surface area contributed by atoms with E-state index in [2.05, 4.69) is 10.6 Å². The molecule has 0 aliphatic rings. The van der Waals surface area contributed by atoms with Crippen LogP contribution in [0.2, 0.25) is 0 Å². The van der Waals surface area contributed by atoms with Crippen molar-refractivity contribution in [2.45, 2.75) is 45.3 Å². The Hall–Kier alpha value is -0.860. The highest BCUT2D eigenvalue weighted by Gasteiger charge is 2.15. The average molecular weight is 338 g/mol. The van der Waals surface area contributed by atoms with Crippen LogP contribution in [0.1, 0.15) is 33.6 Å². The number of ether oxygens (including phenoxy) is 2. The average Bonchev–Trinajstić information content (AvgIpc) is 2.30. The summed E-state index contributed by atoms with van der Waals surface area (Å²) in [6, 6.07) is 0.0622. The molecule has 0 saturated carbocycles. The predicted molar refractivity (Wildman–Crippen MR) is 86.8 cm³/mol. The molecular weight excluding hydrogens is 308 g/mol. The summed E-state index contributed by atoms with van der Waals surface area (Å²) in [6.45, 7) is 6.83. The molecule has 0 rings (SSSR count). The van der Waals surface area contributed by atoms with E-state index in [4.69, 9.17) is 9.47 Å². The molecule has 1 amide bonds. The molecule has 0 bridgehead atoms. The van der Waals surface area contributed by atoms with Gasteiger partial charge in [-0.1, -0.05) is 0 Å². The Morgan fingerprint density at radius 1 is 1.23 bits per heavy atom. The molecule has 22 heavy (non-hydrogen) atoms. The lowest BCUT2D eigenvalue weighted by molar-refractivity contribution is 0.0526. The van der Waals surface area contributed by atoms with Gasteiger partial charge in [0.1, 0.15) is 15.4 Å². The fraction of sp³-hybridized carbons (Fsp3) is 0.929. The highest BCUT2D eigenvalue weighted by Crippen LogP contribution is 2.06. The summed E-state index contributed by atoms with van der Waals surface area (Å²) < 4.78 is 32.4. The second-order valence-electron chi connectivity index (χ2n) is 6.31. The van der Waals surface area contributed by atoms with Crippen molar-refractivity contribution in [3.63, 3.8) is 0 Å². The SMILES string of the molecule is COCC(CCCNC(=O)OC(C)(C)C)NCCS(C)(=O)=O. The van der Waals surface area contributed by atoms with E-state index in [1.165, 1.54) is 6.26 Å². The number of rotatable bonds is 10. The van der Waals surface area contributed by atoms with Gasteiger partial charge in [-0.05, 0) is 33.6 Å². The second kappa shape index (κ2) is 10.0. The zero-order chi connectivity index (χ0) is 17.2. The van der Waals surface area contributed by atoms with E-state index < -0.39 is 21.5 Å². The van der Waals surface area contributed by atoms with Crippen molar-refractivity contribution in [2.75, 3.05) is 38.8 Å². The van der Waals surface area contributed by atoms with Crippen LogP contribution < -0.4 is 10.6 Å². The van der Waals surface area contributed by atoms with Crippen LogP contribution >= 0.6 is 0 Å². The molecule has 0 aromatic heterocycles. The smallest absolute Gasteiger partial charge is 0.407 e. The number of carbonyl (C=O) groups excluding carboxylic acids is 1. The lowest BCUT2D eigenvalue weighted by Crippen LogP contribution is -2.37. The Morgan fingerprint density at radius 3 is 2.36 bits per heavy atom. The van der Waals surface area contributed by atoms with Gasteiger partial charge >= 0.3 is 6.09 Å². The molecule has 0 radical (unpaired) electrons. The maximum atomic E-state index is 11.5. The van der Waals surface area contributed by atoms with Crippen LogP contribution in [-0.2, 0) is 19.3 Å². The van der Waals surface area contributed by atoms with Gasteiger partial charge in [-0.3, -0.25) is 0 Å². The molecule has 1 unspecified atom stereocenters. The van der Waals surface area contributed by atoms with Gasteiger partial charge in [0.15, 0.2) is 0 Å². The summed E-state index contributed by atoms with van der Waals surface area (Å²) >= 11 is 0. The number of amides is 1. The molecule has 0 aliphatic carbocycles. The molecule has 0 fully saturated rings. The Kier molecular flexibility index (Phi) is 9.63. The molecule has 0 saturated heterocycles. The van der Waals surface area contributed by atoms with Crippen molar-refractivity contribution in [3.05, 3.63) is 0 Å². The highest BCUT2D eigenvalue weighted by molar-refractivity contribution is 7.90. The maximum absolute atomic E-state index is 11.5. The van der Waals surface area contributed by atoms with Crippen molar-refractivity contribution in [1.82, 2.24) is 10.6 Å². The van der Waals surface area contributed by atoms with Crippen LogP contribution in [0.4, 0.5) is 4.79 Å². The Morgan fingerprint density at radius 2 is 1.86 bits per heavy atom. The first-order chi connectivity index (χ1) is 10.0. The first-order valence-corrected chi connectivity index (χ1v) is 9.46. The van der Waals surface area contributed by atoms with Crippen LogP contribution in [0, 0.1) is 0 Å². The number of carbonyl (C=O) groups is 1. The third kappa shape index (κ3) is 14.1. The molecule has 7 nitrogen and oxygen atoms in total. The zero-order valence-electron chi connectivity index (χ0n) is 14.3. The summed E-state index contributed by atoms with van der Waals surface area (Å²) in [6.07, 6.45) is 2.30. The molecule has 2 N–H and O–H groups in total. The minimum Gasteiger partial charge on any atom is -0.444 e. The van der Waals surface area contributed by atoms with Crippen LogP contribution in [-0.4, -0.2) is 65.0 Å². The van der Waals surface area contributed by atoms with E-state index >= 15 is 0 Å². The Bertz CT molecular complexity index is 417. The summed E-state index contributed by atoms with van der Waals surface area (Å²) in [5.74, 6) is 0.101. The Balaban J connectivity index is 3.93. The van der Waals surface area contributed by atoms with E-state index in [9.17, 15) is 13.2 Å². The normalized spacial score (nSPS) is 13.7. The van der Waals surface area contributed by atoms with E-state index in [0.29, 0.717) is 19.7 Å². The fourth-order valence-electron chi connectivity index (χ4n) is 1.75. The van der Waals surface area contributed by atoms with E-state index in [-0.39, 0.29) is 11.8 Å². The monoisotopic (exact) mass is 338 g/mol. The summed E-state index contributed by atoms with van der Waals surface area (Å²) in [7, 11) is -1.36. The molecule has 8 heteroatoms. The first kappa shape index (κ1) is 21.1. The van der Waals surface area contributed by atoms with Crippen LogP contribution in [0.5, 0.6) is 0 Å².